The Hall–Kier alpha value is -10.9. The maximum Gasteiger partial charge on any atom is 0.247 e. The van der Waals surface area contributed by atoms with Crippen molar-refractivity contribution in [2.75, 3.05) is 9.80 Å². The van der Waals surface area contributed by atoms with Crippen LogP contribution in [0.15, 0.2) is 279 Å². The van der Waals surface area contributed by atoms with Crippen LogP contribution < -0.4 is 26.2 Å². The molecule has 4 nitrogen and oxygen atoms in total. The second kappa shape index (κ2) is 23.1. The van der Waals surface area contributed by atoms with E-state index in [2.05, 4.69) is 349 Å². The third kappa shape index (κ3) is 10.00. The average Bonchev–Trinajstić information content (AvgIpc) is 1.59. The molecule has 5 heterocycles. The number of nitrogens with zero attached hydrogens (tertiary/aromatic N) is 4. The zero-order valence-electron chi connectivity index (χ0n) is 70.3. The lowest BCUT2D eigenvalue weighted by Crippen LogP contribution is -2.65. The first kappa shape index (κ1) is 56.6. The second-order valence-corrected chi connectivity index (χ2v) is 34.4. The van der Waals surface area contributed by atoms with Gasteiger partial charge in [-0.1, -0.05) is 285 Å². The Morgan fingerprint density at radius 3 is 1.35 bits per heavy atom. The van der Waals surface area contributed by atoms with Gasteiger partial charge in [0.2, 0.25) is 6.71 Å². The quantitative estimate of drug-likeness (QED) is 0.154. The van der Waals surface area contributed by atoms with E-state index in [4.69, 9.17) is 0 Å². The summed E-state index contributed by atoms with van der Waals surface area (Å²) in [6, 6.07) is 82.1. The van der Waals surface area contributed by atoms with Gasteiger partial charge in [0.05, 0.1) is 55.5 Å². The molecule has 0 aliphatic carbocycles. The molecule has 0 atom stereocenters. The fraction of sp³-hybridized carbons (Fsp3) is 0.212. The largest absolute Gasteiger partial charge is 0.311 e. The summed E-state index contributed by atoms with van der Waals surface area (Å²) in [5.41, 5.74) is 24.2. The van der Waals surface area contributed by atoms with Gasteiger partial charge in [0.25, 0.3) is 0 Å². The van der Waals surface area contributed by atoms with Gasteiger partial charge in [-0.05, 0) is 208 Å². The molecule has 0 N–H and O–H groups in total. The number of benzene rings is 13. The molecular formula is C99H91BN4. The van der Waals surface area contributed by atoms with Gasteiger partial charge in [-0.15, -0.1) is 0 Å². The maximum absolute atomic E-state index is 10.2. The van der Waals surface area contributed by atoms with Crippen molar-refractivity contribution < 1.29 is 11.0 Å². The van der Waals surface area contributed by atoms with E-state index >= 15 is 0 Å². The number of fused-ring (bicyclic) bond motifs is 16. The zero-order valence-corrected chi connectivity index (χ0v) is 62.3. The predicted octanol–water partition coefficient (Wildman–Crippen LogP) is 24.5. The van der Waals surface area contributed by atoms with Crippen LogP contribution in [0.2, 0.25) is 0 Å². The van der Waals surface area contributed by atoms with E-state index in [1.807, 2.05) is 0 Å². The fourth-order valence-corrected chi connectivity index (χ4v) is 17.3. The van der Waals surface area contributed by atoms with Crippen LogP contribution in [0, 0.1) is 0 Å². The molecular weight excluding hydrogens is 1260 g/mol. The third-order valence-corrected chi connectivity index (χ3v) is 22.8. The van der Waals surface area contributed by atoms with Crippen LogP contribution >= 0.6 is 0 Å². The highest BCUT2D eigenvalue weighted by atomic mass is 15.2. The van der Waals surface area contributed by atoms with Crippen LogP contribution in [0.1, 0.15) is 165 Å². The Labute approximate surface area is 626 Å². The lowest BCUT2D eigenvalue weighted by Gasteiger charge is -2.52. The summed E-state index contributed by atoms with van der Waals surface area (Å²) in [7, 11) is 0. The molecule has 0 bridgehead atoms. The smallest absolute Gasteiger partial charge is 0.247 e. The summed E-state index contributed by atoms with van der Waals surface area (Å²) < 4.78 is 82.3. The molecule has 0 radical (unpaired) electrons. The summed E-state index contributed by atoms with van der Waals surface area (Å²) in [5.74, 6) is 0. The summed E-state index contributed by atoms with van der Waals surface area (Å²) >= 11 is 0. The van der Waals surface area contributed by atoms with Crippen molar-refractivity contribution in [3.8, 4) is 33.6 Å². The molecule has 0 unspecified atom stereocenters. The summed E-state index contributed by atoms with van der Waals surface area (Å²) in [4.78, 5) is 4.85. The Kier molecular flexibility index (Phi) is 12.6. The van der Waals surface area contributed by atoms with E-state index in [1.165, 1.54) is 33.0 Å². The van der Waals surface area contributed by atoms with Crippen LogP contribution in [0.3, 0.4) is 0 Å². The highest BCUT2D eigenvalue weighted by Crippen LogP contribution is 2.60. The predicted molar refractivity (Wildman–Crippen MR) is 445 cm³/mol. The number of rotatable bonds is 6. The van der Waals surface area contributed by atoms with Crippen molar-refractivity contribution in [2.24, 2.45) is 0 Å². The molecule has 13 aromatic carbocycles. The Morgan fingerprint density at radius 2 is 0.779 bits per heavy atom. The molecule has 3 aliphatic rings. The molecule has 15 aromatic rings. The molecule has 0 saturated heterocycles. The highest BCUT2D eigenvalue weighted by molar-refractivity contribution is 6.99. The van der Waals surface area contributed by atoms with Gasteiger partial charge in [-0.3, -0.25) is 0 Å². The normalized spacial score (nSPS) is 15.2. The molecule has 0 amide bonds. The first-order valence-corrected chi connectivity index (χ1v) is 36.9. The standard InChI is InChI=1S/C99H91BN4/c1-94(2,3)65-43-49-86(75(56-65)62-30-18-16-19-31-62)104-91-54-63(64-52-68(97(10,11)12)55-69(53-64)98(13,14)15)42-47-83(91)100-82-48-46-71(102-87-50-44-66(95(4,5)6)57-76(87)77-58-67(96(7,8)9)45-51-88(77)102)59-80(82)99(78-36-24-28-40-89(78)101(70-32-20-17-21-33-70)90-41-29-25-37-79(90)99)81-60-72(61-92(104)93(81)100)103-84-38-26-22-34-73(84)74-35-23-27-39-85(74)103/h16-61H,1-15H3/i22D,23D,26D,27D,34D,35D,38D,39D. The molecule has 5 heteroatoms. The van der Waals surface area contributed by atoms with Crippen molar-refractivity contribution in [3.05, 3.63) is 329 Å². The number of hydrogen-bond donors (Lipinski definition) is 0. The van der Waals surface area contributed by atoms with E-state index in [9.17, 15) is 11.0 Å². The molecule has 3 aliphatic heterocycles. The molecule has 1 spiro atoms. The van der Waals surface area contributed by atoms with E-state index < -0.39 is 48.4 Å². The molecule has 0 saturated carbocycles. The number of para-hydroxylation sites is 5. The van der Waals surface area contributed by atoms with Crippen molar-refractivity contribution in [1.82, 2.24) is 9.13 Å². The first-order chi connectivity index (χ1) is 53.1. The lowest BCUT2D eigenvalue weighted by atomic mass is 9.29. The van der Waals surface area contributed by atoms with Gasteiger partial charge in [0.15, 0.2) is 0 Å². The summed E-state index contributed by atoms with van der Waals surface area (Å²) in [6.07, 6.45) is 0. The lowest BCUT2D eigenvalue weighted by molar-refractivity contribution is 0.569. The minimum Gasteiger partial charge on any atom is -0.311 e. The molecule has 510 valence electrons. The van der Waals surface area contributed by atoms with Crippen LogP contribution in [0.5, 0.6) is 0 Å². The van der Waals surface area contributed by atoms with E-state index in [-0.39, 0.29) is 61.0 Å². The second-order valence-electron chi connectivity index (χ2n) is 34.4. The summed E-state index contributed by atoms with van der Waals surface area (Å²) in [5, 5.41) is 2.35. The van der Waals surface area contributed by atoms with Crippen molar-refractivity contribution in [2.45, 2.75) is 136 Å². The zero-order chi connectivity index (χ0) is 78.9. The monoisotopic (exact) mass is 1350 g/mol. The number of anilines is 6. The van der Waals surface area contributed by atoms with Gasteiger partial charge in [0.1, 0.15) is 0 Å². The third-order valence-electron chi connectivity index (χ3n) is 22.8. The van der Waals surface area contributed by atoms with Crippen LogP contribution in [0.25, 0.3) is 77.2 Å². The SMILES string of the molecule is [2H]c1c([2H])c([2H])c2c(c1[2H])c1c([2H])c([2H])c([2H])c([2H])c1n2-c1cc2c3c(c1)C1(c4cc(-n5c6ccc(C(C)(C)C)cc6c6cc(C(C)(C)C)ccc65)ccc4B3c3ccc(-c4cc(C(C)(C)C)cc(C(C)(C)C)c4)cc3N2c2ccc(C(C)(C)C)cc2-c2ccccc2)c2ccccc2N(c2ccccc2)c2ccccc21. The van der Waals surface area contributed by atoms with Gasteiger partial charge in [0, 0.05) is 55.5 Å². The van der Waals surface area contributed by atoms with E-state index in [0.717, 1.165) is 117 Å². The number of aromatic nitrogens is 2. The number of hydrogen-bond acceptors (Lipinski definition) is 2. The Balaban J connectivity index is 1.08. The average molecular weight is 1360 g/mol. The molecule has 104 heavy (non-hydrogen) atoms. The molecule has 18 rings (SSSR count). The van der Waals surface area contributed by atoms with E-state index in [1.54, 1.807) is 4.57 Å². The molecule has 0 fully saturated rings. The minimum atomic E-state index is -1.27. The minimum absolute atomic E-state index is 0.00677. The maximum atomic E-state index is 10.2. The fourth-order valence-electron chi connectivity index (χ4n) is 17.3. The first-order valence-electron chi connectivity index (χ1n) is 40.9. The van der Waals surface area contributed by atoms with Gasteiger partial charge in [-0.25, -0.2) is 0 Å². The van der Waals surface area contributed by atoms with Crippen LogP contribution in [-0.4, -0.2) is 15.8 Å². The van der Waals surface area contributed by atoms with Gasteiger partial charge < -0.3 is 18.9 Å². The van der Waals surface area contributed by atoms with Crippen molar-refractivity contribution >= 4 is 101 Å². The topological polar surface area (TPSA) is 16.3 Å². The van der Waals surface area contributed by atoms with Gasteiger partial charge >= 0.3 is 0 Å². The highest BCUT2D eigenvalue weighted by Gasteiger charge is 2.56. The summed E-state index contributed by atoms with van der Waals surface area (Å²) in [6.45, 7) is 33.7. The molecule has 2 aromatic heterocycles. The van der Waals surface area contributed by atoms with Crippen molar-refractivity contribution in [1.29, 1.82) is 0 Å². The van der Waals surface area contributed by atoms with Crippen LogP contribution in [-0.2, 0) is 32.5 Å². The Morgan fingerprint density at radius 1 is 0.288 bits per heavy atom. The van der Waals surface area contributed by atoms with Gasteiger partial charge in [-0.2, -0.15) is 0 Å². The van der Waals surface area contributed by atoms with Crippen molar-refractivity contribution in [3.63, 3.8) is 0 Å². The Bertz CT molecular complexity index is 6300. The van der Waals surface area contributed by atoms with Crippen LogP contribution in [0.4, 0.5) is 34.1 Å². The van der Waals surface area contributed by atoms with E-state index in [0.29, 0.717) is 5.69 Å².